The number of amides is 2. The maximum Gasteiger partial charge on any atom is 0.472 e. The predicted octanol–water partition coefficient (Wildman–Crippen LogP) is 3.39. The van der Waals surface area contributed by atoms with Gasteiger partial charge in [-0.3, -0.25) is 55.6 Å². The maximum absolute atomic E-state index is 13.5. The number of aromatic amines is 1. The number of anilines is 1. The van der Waals surface area contributed by atoms with Crippen molar-refractivity contribution in [2.75, 3.05) is 151 Å². The highest BCUT2D eigenvalue weighted by molar-refractivity contribution is 7.48. The number of phosphoric acid groups is 3. The Morgan fingerprint density at radius 1 is 0.606 bits per heavy atom. The van der Waals surface area contributed by atoms with Gasteiger partial charge in [0, 0.05) is 50.0 Å². The van der Waals surface area contributed by atoms with Crippen LogP contribution >= 0.6 is 23.5 Å². The van der Waals surface area contributed by atoms with Gasteiger partial charge < -0.3 is 99.2 Å². The Labute approximate surface area is 622 Å². The van der Waals surface area contributed by atoms with Gasteiger partial charge in [0.25, 0.3) is 11.5 Å². The number of carbonyl (C=O) groups is 3. The number of aromatic carboxylic acids is 1. The second-order valence-electron chi connectivity index (χ2n) is 24.2. The van der Waals surface area contributed by atoms with Gasteiger partial charge in [0.05, 0.1) is 149 Å². The molecular formula is C67H90N7O32P3. The van der Waals surface area contributed by atoms with Crippen molar-refractivity contribution >= 4 is 74.7 Å². The van der Waals surface area contributed by atoms with Gasteiger partial charge in [0.1, 0.15) is 48.1 Å². The Morgan fingerprint density at radius 2 is 1.11 bits per heavy atom. The lowest BCUT2D eigenvalue weighted by atomic mass is 9.88. The summed E-state index contributed by atoms with van der Waals surface area (Å²) in [7, 11) is -14.6. The van der Waals surface area contributed by atoms with E-state index >= 15 is 0 Å². The molecule has 4 heterocycles. The smallest absolute Gasteiger partial charge is 0.472 e. The number of hydrogen-bond acceptors (Lipinski definition) is 30. The number of rotatable bonds is 51. The van der Waals surface area contributed by atoms with Crippen molar-refractivity contribution in [2.24, 2.45) is 0 Å². The van der Waals surface area contributed by atoms with Gasteiger partial charge in [0.15, 0.2) is 0 Å². The number of aliphatic hydroxyl groups excluding tert-OH is 2. The lowest BCUT2D eigenvalue weighted by Crippen LogP contribution is -2.33. The van der Waals surface area contributed by atoms with E-state index < -0.39 is 135 Å². The Balaban J connectivity index is 0.767. The topological polar surface area (TPSA) is 543 Å². The van der Waals surface area contributed by atoms with Gasteiger partial charge >= 0.3 is 40.8 Å². The first-order chi connectivity index (χ1) is 52.3. The monoisotopic (exact) mass is 1600 g/mol. The number of fused-ring (bicyclic) bond motifs is 2. The van der Waals surface area contributed by atoms with E-state index in [1.165, 1.54) is 54.7 Å². The van der Waals surface area contributed by atoms with Crippen LogP contribution in [0.4, 0.5) is 5.82 Å². The SMILES string of the molecule is Nc1ccn([C@H]2CC(O)[C@@H](COP(=O)(O)OCCOCCOCCOP(=O)(O)OC3C[C@H](n4cc(C=CC(=O)NCCCCCCNC(=O)c5ccc(C(=O)O)c(-c6c7ccc(O)cc7cc7cc(O)ccc67)c5)c(=O)[nH]c4=O)O[C@@H]3COP(=O)(O)OCCOCCOCCOCCOCCOCCO)O2)c(=O)n1. The number of nitrogen functional groups attached to an aromatic ring is 1. The van der Waals surface area contributed by atoms with Crippen LogP contribution in [0.25, 0.3) is 38.7 Å². The van der Waals surface area contributed by atoms with Crippen molar-refractivity contribution in [3.8, 4) is 22.6 Å². The lowest BCUT2D eigenvalue weighted by molar-refractivity contribution is -0.116. The molecule has 600 valence electrons. The van der Waals surface area contributed by atoms with Crippen LogP contribution in [-0.4, -0.2) is 247 Å². The number of aromatic hydroxyl groups is 2. The molecule has 0 radical (unpaired) electrons. The maximum atomic E-state index is 13.5. The van der Waals surface area contributed by atoms with Crippen LogP contribution in [0.5, 0.6) is 11.5 Å². The summed E-state index contributed by atoms with van der Waals surface area (Å²) >= 11 is 0. The van der Waals surface area contributed by atoms with Gasteiger partial charge in [0.2, 0.25) is 5.91 Å². The summed E-state index contributed by atoms with van der Waals surface area (Å²) in [6, 6.07) is 16.7. The minimum Gasteiger partial charge on any atom is -0.508 e. The zero-order valence-electron chi connectivity index (χ0n) is 59.1. The van der Waals surface area contributed by atoms with E-state index in [1.807, 2.05) is 0 Å². The minimum atomic E-state index is -5.06. The molecule has 5 unspecified atom stereocenters. The molecule has 2 amide bonds. The highest BCUT2D eigenvalue weighted by atomic mass is 31.2. The summed E-state index contributed by atoms with van der Waals surface area (Å²) in [6.07, 6.45) is -1.21. The fourth-order valence-electron chi connectivity index (χ4n) is 11.1. The van der Waals surface area contributed by atoms with Crippen molar-refractivity contribution in [1.29, 1.82) is 0 Å². The molecule has 4 aromatic carbocycles. The van der Waals surface area contributed by atoms with E-state index in [0.717, 1.165) is 27.5 Å². The second-order valence-corrected chi connectivity index (χ2v) is 28.5. The number of aromatic nitrogens is 4. The number of nitrogens with one attached hydrogen (secondary N) is 3. The fourth-order valence-corrected chi connectivity index (χ4v) is 13.4. The third kappa shape index (κ3) is 28.6. The Kier molecular flexibility index (Phi) is 35.0. The van der Waals surface area contributed by atoms with Gasteiger partial charge in [-0.2, -0.15) is 4.98 Å². The third-order valence-electron chi connectivity index (χ3n) is 16.3. The summed E-state index contributed by atoms with van der Waals surface area (Å²) in [5.74, 6) is -2.33. The summed E-state index contributed by atoms with van der Waals surface area (Å²) in [5.41, 5.74) is 3.55. The molecule has 2 aliphatic heterocycles. The van der Waals surface area contributed by atoms with Crippen LogP contribution in [0.2, 0.25) is 0 Å². The van der Waals surface area contributed by atoms with Gasteiger partial charge in [-0.25, -0.2) is 28.1 Å². The number of carboxylic acid groups (broad SMARTS) is 1. The van der Waals surface area contributed by atoms with E-state index in [-0.39, 0.29) is 132 Å². The van der Waals surface area contributed by atoms with Gasteiger partial charge in [-0.05, 0) is 106 Å². The van der Waals surface area contributed by atoms with Crippen molar-refractivity contribution < 1.29 is 138 Å². The summed E-state index contributed by atoms with van der Waals surface area (Å²) < 4.78 is 121. The number of benzene rings is 4. The van der Waals surface area contributed by atoms with Crippen molar-refractivity contribution in [2.45, 2.75) is 75.4 Å². The largest absolute Gasteiger partial charge is 0.508 e. The lowest BCUT2D eigenvalue weighted by Gasteiger charge is -2.22. The third-order valence-corrected chi connectivity index (χ3v) is 19.3. The molecule has 2 aromatic heterocycles. The second kappa shape index (κ2) is 43.9. The average Bonchev–Trinajstić information content (AvgIpc) is 1.07. The molecule has 0 saturated carbocycles. The predicted molar refractivity (Wildman–Crippen MR) is 384 cm³/mol. The van der Waals surface area contributed by atoms with Crippen molar-refractivity contribution in [3.05, 3.63) is 133 Å². The van der Waals surface area contributed by atoms with E-state index in [4.69, 9.17) is 80.6 Å². The first kappa shape index (κ1) is 87.0. The number of phenolic OH excluding ortho intramolecular Hbond substituents is 2. The van der Waals surface area contributed by atoms with Crippen LogP contribution in [0.15, 0.2) is 99.6 Å². The van der Waals surface area contributed by atoms with Crippen LogP contribution in [0.3, 0.4) is 0 Å². The molecule has 2 saturated heterocycles. The number of unbranched alkanes of at least 4 members (excludes halogenated alkanes) is 3. The number of H-pyrrole nitrogens is 1. The van der Waals surface area contributed by atoms with E-state index in [2.05, 4.69) is 20.6 Å². The molecular weight excluding hydrogens is 1510 g/mol. The molecule has 6 aromatic rings. The Morgan fingerprint density at radius 3 is 1.65 bits per heavy atom. The molecule has 2 aliphatic rings. The van der Waals surface area contributed by atoms with E-state index in [1.54, 1.807) is 18.2 Å². The van der Waals surface area contributed by atoms with Gasteiger partial charge in [-0.15, -0.1) is 0 Å². The summed E-state index contributed by atoms with van der Waals surface area (Å²) in [6.45, 7) is -0.954. The minimum absolute atomic E-state index is 0.0142. The van der Waals surface area contributed by atoms with Crippen molar-refractivity contribution in [1.82, 2.24) is 29.7 Å². The number of phenols is 2. The Hall–Kier alpha value is -7.60. The van der Waals surface area contributed by atoms with Gasteiger partial charge in [-0.1, -0.05) is 25.0 Å². The first-order valence-corrected chi connectivity index (χ1v) is 39.0. The average molecular weight is 1600 g/mol. The molecule has 2 fully saturated rings. The van der Waals surface area contributed by atoms with E-state index in [9.17, 15) is 77.6 Å². The highest BCUT2D eigenvalue weighted by Gasteiger charge is 2.44. The normalized spacial score (nSPS) is 19.0. The molecule has 39 nitrogen and oxygen atoms in total. The molecule has 0 bridgehead atoms. The molecule has 8 rings (SSSR count). The number of nitrogens with zero attached hydrogens (tertiary/aromatic N) is 3. The fraction of sp³-hybridized carbons (Fsp3) is 0.507. The molecule has 9 atom stereocenters. The summed E-state index contributed by atoms with van der Waals surface area (Å²) in [4.78, 5) is 115. The number of carboxylic acids is 1. The number of nitrogens with two attached hydrogens (primary N) is 1. The van der Waals surface area contributed by atoms with Crippen molar-refractivity contribution in [3.63, 3.8) is 0 Å². The molecule has 42 heteroatoms. The number of ether oxygens (including phenoxy) is 9. The molecule has 13 N–H and O–H groups in total. The van der Waals surface area contributed by atoms with Crippen LogP contribution < -0.4 is 33.3 Å². The number of hydrogen-bond donors (Lipinski definition) is 12. The number of phosphoric ester groups is 3. The quantitative estimate of drug-likeness (QED) is 0.0113. The standard InChI is InChI=1S/C67H90N7O32P3/c68-58-13-16-73(66(84)71-58)60-39-54(78)56(104-60)42-102-107(86,87)99-32-29-97-27-28-98-31-34-101-109(90,91)106-55-40-61(105-57(55)43-103-108(88,89)100-33-30-96-26-25-95-24-23-94-22-21-93-20-19-92-18-17-75)74-41-45(64(81)72-67(74)85)6-12-59(79)69-14-3-1-2-4-15-70-63(80)44-5-9-52(65(82)83)53(38-44)62-50-10-7-48(76)36-46(50)35-47-37-49(77)8-11-51(47)62/h5-13,16,35-38,41,54-57,60-61,75-78H,1-4,14-15,17-34,39-40,42-43H2,(H,69,79)(H,70,80)(H,82,83)(H,86,87)(H,88,89)(H,90,91)(H2,68,71,84)(H,72,81,85)/t54?,55?,56-,57-,60-,61-/m1/s1. The number of carbonyl (C=O) groups excluding carboxylic acids is 2. The molecule has 0 spiro atoms. The number of aliphatic hydroxyl groups is 2. The van der Waals surface area contributed by atoms with Crippen LogP contribution in [0, 0.1) is 0 Å². The zero-order valence-corrected chi connectivity index (χ0v) is 61.7. The summed E-state index contributed by atoms with van der Waals surface area (Å²) in [5, 5.41) is 57.8. The highest BCUT2D eigenvalue weighted by Crippen LogP contribution is 2.50. The first-order valence-electron chi connectivity index (χ1n) is 34.5. The molecule has 0 aliphatic carbocycles. The zero-order chi connectivity index (χ0) is 78.4. The van der Waals surface area contributed by atoms with Crippen LogP contribution in [0.1, 0.15) is 77.3 Å². The van der Waals surface area contributed by atoms with Crippen LogP contribution in [-0.2, 0) is 88.3 Å². The van der Waals surface area contributed by atoms with E-state index in [0.29, 0.717) is 79.2 Å². The molecule has 109 heavy (non-hydrogen) atoms. The Bertz CT molecular complexity index is 4280.